The molecule has 0 spiro atoms. The van der Waals surface area contributed by atoms with Crippen molar-refractivity contribution in [3.63, 3.8) is 0 Å². The molecule has 0 amide bonds. The van der Waals surface area contributed by atoms with Crippen molar-refractivity contribution in [3.8, 4) is 5.88 Å². The summed E-state index contributed by atoms with van der Waals surface area (Å²) in [5.41, 5.74) is 0. The van der Waals surface area contributed by atoms with Gasteiger partial charge in [-0.1, -0.05) is 0 Å². The Labute approximate surface area is 96.2 Å². The highest BCUT2D eigenvalue weighted by molar-refractivity contribution is 5.38. The van der Waals surface area contributed by atoms with Crippen LogP contribution in [0, 0.1) is 6.92 Å². The largest absolute Gasteiger partial charge is 0.475 e. The smallest absolute Gasteiger partial charge is 0.218 e. The number of aryl methyl sites for hydroxylation is 1. The molecule has 1 aromatic rings. The molecule has 0 atom stereocenters. The Morgan fingerprint density at radius 1 is 1.25 bits per heavy atom. The number of nitrogens with one attached hydrogen (secondary N) is 1. The first kappa shape index (κ1) is 12.7. The Bertz CT molecular complexity index is 318. The van der Waals surface area contributed by atoms with E-state index in [4.69, 9.17) is 9.47 Å². The summed E-state index contributed by atoms with van der Waals surface area (Å²) in [5, 5.41) is 3.13. The van der Waals surface area contributed by atoms with Gasteiger partial charge < -0.3 is 14.8 Å². The summed E-state index contributed by atoms with van der Waals surface area (Å²) in [6.07, 6.45) is 0. The number of hydrogen-bond acceptors (Lipinski definition) is 5. The molecule has 0 aliphatic rings. The average molecular weight is 225 g/mol. The van der Waals surface area contributed by atoms with Gasteiger partial charge in [-0.05, 0) is 20.8 Å². The zero-order valence-electron chi connectivity index (χ0n) is 10.1. The van der Waals surface area contributed by atoms with E-state index in [-0.39, 0.29) is 0 Å². The molecule has 1 rings (SSSR count). The summed E-state index contributed by atoms with van der Waals surface area (Å²) in [5.74, 6) is 2.08. The molecule has 1 heterocycles. The maximum Gasteiger partial charge on any atom is 0.218 e. The zero-order chi connectivity index (χ0) is 11.8. The first-order valence-corrected chi connectivity index (χ1v) is 5.56. The van der Waals surface area contributed by atoms with Gasteiger partial charge in [-0.15, -0.1) is 0 Å². The van der Waals surface area contributed by atoms with Crippen molar-refractivity contribution < 1.29 is 9.47 Å². The lowest BCUT2D eigenvalue weighted by atomic mass is 10.5. The Morgan fingerprint density at radius 3 is 2.75 bits per heavy atom. The average Bonchev–Trinajstić information content (AvgIpc) is 2.24. The number of rotatable bonds is 7. The van der Waals surface area contributed by atoms with Crippen molar-refractivity contribution in [2.24, 2.45) is 0 Å². The molecule has 16 heavy (non-hydrogen) atoms. The van der Waals surface area contributed by atoms with E-state index in [9.17, 15) is 0 Å². The van der Waals surface area contributed by atoms with Crippen LogP contribution in [-0.2, 0) is 4.74 Å². The third-order valence-corrected chi connectivity index (χ3v) is 1.85. The molecule has 0 unspecified atom stereocenters. The minimum Gasteiger partial charge on any atom is -0.475 e. The van der Waals surface area contributed by atoms with E-state index in [0.29, 0.717) is 31.5 Å². The second kappa shape index (κ2) is 7.00. The summed E-state index contributed by atoms with van der Waals surface area (Å²) in [7, 11) is 0. The van der Waals surface area contributed by atoms with Crippen molar-refractivity contribution in [1.29, 1.82) is 0 Å². The van der Waals surface area contributed by atoms with E-state index >= 15 is 0 Å². The van der Waals surface area contributed by atoms with Crippen LogP contribution < -0.4 is 10.1 Å². The standard InChI is InChI=1S/C11H19N3O2/c1-4-12-10-8-11(14-9(3)13-10)16-7-6-15-5-2/h8H,4-7H2,1-3H3,(H,12,13,14). The summed E-state index contributed by atoms with van der Waals surface area (Å²) in [6.45, 7) is 8.44. The normalized spacial score (nSPS) is 10.2. The topological polar surface area (TPSA) is 56.3 Å². The number of aromatic nitrogens is 2. The number of hydrogen-bond donors (Lipinski definition) is 1. The van der Waals surface area contributed by atoms with Crippen molar-refractivity contribution in [1.82, 2.24) is 9.97 Å². The fourth-order valence-electron chi connectivity index (χ4n) is 1.24. The molecule has 1 N–H and O–H groups in total. The van der Waals surface area contributed by atoms with Gasteiger partial charge in [-0.25, -0.2) is 4.98 Å². The minimum atomic E-state index is 0.510. The highest BCUT2D eigenvalue weighted by atomic mass is 16.5. The fourth-order valence-corrected chi connectivity index (χ4v) is 1.24. The minimum absolute atomic E-state index is 0.510. The van der Waals surface area contributed by atoms with Gasteiger partial charge in [0.25, 0.3) is 0 Å². The van der Waals surface area contributed by atoms with Crippen LogP contribution in [0.2, 0.25) is 0 Å². The van der Waals surface area contributed by atoms with E-state index in [1.54, 1.807) is 6.07 Å². The molecule has 0 radical (unpaired) electrons. The van der Waals surface area contributed by atoms with Gasteiger partial charge in [0.15, 0.2) is 0 Å². The fraction of sp³-hybridized carbons (Fsp3) is 0.636. The highest BCUT2D eigenvalue weighted by Crippen LogP contribution is 2.12. The molecule has 1 aromatic heterocycles. The first-order chi connectivity index (χ1) is 7.76. The van der Waals surface area contributed by atoms with Gasteiger partial charge in [-0.3, -0.25) is 0 Å². The summed E-state index contributed by atoms with van der Waals surface area (Å²) < 4.78 is 10.6. The monoisotopic (exact) mass is 225 g/mol. The Hall–Kier alpha value is -1.36. The predicted octanol–water partition coefficient (Wildman–Crippen LogP) is 1.63. The molecule has 5 heteroatoms. The molecule has 0 aliphatic carbocycles. The number of nitrogens with zero attached hydrogens (tertiary/aromatic N) is 2. The summed E-state index contributed by atoms with van der Waals surface area (Å²) >= 11 is 0. The van der Waals surface area contributed by atoms with E-state index in [0.717, 1.165) is 12.4 Å². The lowest BCUT2D eigenvalue weighted by molar-refractivity contribution is 0.108. The molecular formula is C11H19N3O2. The van der Waals surface area contributed by atoms with Gasteiger partial charge in [0.1, 0.15) is 18.2 Å². The Kier molecular flexibility index (Phi) is 5.56. The van der Waals surface area contributed by atoms with E-state index < -0.39 is 0 Å². The lowest BCUT2D eigenvalue weighted by Crippen LogP contribution is -2.09. The second-order valence-electron chi connectivity index (χ2n) is 3.21. The molecule has 0 fully saturated rings. The van der Waals surface area contributed by atoms with Crippen molar-refractivity contribution in [2.75, 3.05) is 31.7 Å². The summed E-state index contributed by atoms with van der Waals surface area (Å²) in [6, 6.07) is 1.79. The predicted molar refractivity (Wildman–Crippen MR) is 62.9 cm³/mol. The Morgan fingerprint density at radius 2 is 2.06 bits per heavy atom. The van der Waals surface area contributed by atoms with Crippen LogP contribution in [-0.4, -0.2) is 36.3 Å². The highest BCUT2D eigenvalue weighted by Gasteiger charge is 2.01. The van der Waals surface area contributed by atoms with Crippen molar-refractivity contribution in [3.05, 3.63) is 11.9 Å². The third-order valence-electron chi connectivity index (χ3n) is 1.85. The quantitative estimate of drug-likeness (QED) is 0.715. The third kappa shape index (κ3) is 4.44. The van der Waals surface area contributed by atoms with Gasteiger partial charge >= 0.3 is 0 Å². The van der Waals surface area contributed by atoms with E-state index in [1.807, 2.05) is 20.8 Å². The zero-order valence-corrected chi connectivity index (χ0v) is 10.1. The van der Waals surface area contributed by atoms with Crippen LogP contribution in [0.3, 0.4) is 0 Å². The number of anilines is 1. The SMILES string of the molecule is CCNc1cc(OCCOCC)nc(C)n1. The molecule has 0 aliphatic heterocycles. The molecular weight excluding hydrogens is 206 g/mol. The molecule has 0 bridgehead atoms. The van der Waals surface area contributed by atoms with Crippen LogP contribution in [0.15, 0.2) is 6.07 Å². The van der Waals surface area contributed by atoms with Crippen LogP contribution in [0.1, 0.15) is 19.7 Å². The summed E-state index contributed by atoms with van der Waals surface area (Å²) in [4.78, 5) is 8.42. The lowest BCUT2D eigenvalue weighted by Gasteiger charge is -2.08. The van der Waals surface area contributed by atoms with Gasteiger partial charge in [0.05, 0.1) is 6.61 Å². The van der Waals surface area contributed by atoms with Gasteiger partial charge in [0, 0.05) is 19.2 Å². The number of ether oxygens (including phenoxy) is 2. The van der Waals surface area contributed by atoms with Crippen LogP contribution in [0.4, 0.5) is 5.82 Å². The van der Waals surface area contributed by atoms with Crippen LogP contribution in [0.25, 0.3) is 0 Å². The van der Waals surface area contributed by atoms with Crippen LogP contribution >= 0.6 is 0 Å². The molecule has 0 aromatic carbocycles. The maximum absolute atomic E-state index is 5.46. The van der Waals surface area contributed by atoms with Crippen molar-refractivity contribution >= 4 is 5.82 Å². The van der Waals surface area contributed by atoms with Crippen LogP contribution in [0.5, 0.6) is 5.88 Å². The van der Waals surface area contributed by atoms with Gasteiger partial charge in [0.2, 0.25) is 5.88 Å². The van der Waals surface area contributed by atoms with Crippen molar-refractivity contribution in [2.45, 2.75) is 20.8 Å². The second-order valence-corrected chi connectivity index (χ2v) is 3.21. The molecule has 90 valence electrons. The maximum atomic E-state index is 5.46. The Balaban J connectivity index is 2.51. The van der Waals surface area contributed by atoms with Gasteiger partial charge in [-0.2, -0.15) is 4.98 Å². The molecule has 5 nitrogen and oxygen atoms in total. The van der Waals surface area contributed by atoms with E-state index in [2.05, 4.69) is 15.3 Å². The molecule has 0 saturated heterocycles. The molecule has 0 saturated carbocycles. The first-order valence-electron chi connectivity index (χ1n) is 5.56. The van der Waals surface area contributed by atoms with E-state index in [1.165, 1.54) is 0 Å².